The Hall–Kier alpha value is -1.36. The van der Waals surface area contributed by atoms with Crippen molar-refractivity contribution in [3.63, 3.8) is 0 Å². The molecule has 2 bridgehead atoms. The van der Waals surface area contributed by atoms with Crippen LogP contribution in [0.4, 0.5) is 0 Å². The molecule has 0 unspecified atom stereocenters. The largest absolute Gasteiger partial charge is 0.276 e. The van der Waals surface area contributed by atoms with Crippen molar-refractivity contribution >= 4 is 15.7 Å². The van der Waals surface area contributed by atoms with Gasteiger partial charge in [-0.1, -0.05) is 32.4 Å². The first-order valence-electron chi connectivity index (χ1n) is 9.06. The van der Waals surface area contributed by atoms with Crippen LogP contribution in [0.15, 0.2) is 34.3 Å². The van der Waals surface area contributed by atoms with E-state index in [4.69, 9.17) is 0 Å². The summed E-state index contributed by atoms with van der Waals surface area (Å²) >= 11 is 0. The van der Waals surface area contributed by atoms with Gasteiger partial charge in [-0.15, -0.1) is 0 Å². The molecule has 2 fully saturated rings. The van der Waals surface area contributed by atoms with Crippen LogP contribution in [-0.4, -0.2) is 14.1 Å². The summed E-state index contributed by atoms with van der Waals surface area (Å²) in [5.74, 6) is 2.43. The van der Waals surface area contributed by atoms with Crippen molar-refractivity contribution in [2.75, 3.05) is 0 Å². The highest BCUT2D eigenvalue weighted by Crippen LogP contribution is 2.48. The van der Waals surface area contributed by atoms with Crippen LogP contribution in [0.2, 0.25) is 0 Å². The van der Waals surface area contributed by atoms with Gasteiger partial charge in [-0.3, -0.25) is 0 Å². The Balaban J connectivity index is 1.68. The minimum Gasteiger partial charge on any atom is -0.200 e. The van der Waals surface area contributed by atoms with Crippen molar-refractivity contribution in [1.82, 2.24) is 4.83 Å². The summed E-state index contributed by atoms with van der Waals surface area (Å²) in [5, 5.41) is 4.23. The number of hydrazone groups is 1. The standard InChI is InChI=1S/C19H28N2O2S/c1-4-13(2)16-7-9-18(10-8-16)24(22,23)21-20-14(3)19-12-15-5-6-17(19)11-15/h7-10,13,15,17,19,21H,4-6,11-12H2,1-3H3/b20-14-/t13-,15-,17-,19+/m1/s1. The fourth-order valence-electron chi connectivity index (χ4n) is 4.24. The molecular formula is C19H28N2O2S. The molecule has 24 heavy (non-hydrogen) atoms. The minimum absolute atomic E-state index is 0.277. The zero-order valence-electron chi connectivity index (χ0n) is 14.8. The first-order chi connectivity index (χ1) is 11.4. The molecule has 2 saturated carbocycles. The van der Waals surface area contributed by atoms with Crippen molar-refractivity contribution in [1.29, 1.82) is 0 Å². The second-order valence-corrected chi connectivity index (χ2v) is 9.17. The lowest BCUT2D eigenvalue weighted by Crippen LogP contribution is -2.24. The molecular weight excluding hydrogens is 320 g/mol. The topological polar surface area (TPSA) is 58.5 Å². The molecule has 0 radical (unpaired) electrons. The third kappa shape index (κ3) is 3.51. The number of hydrogen-bond donors (Lipinski definition) is 1. The summed E-state index contributed by atoms with van der Waals surface area (Å²) in [7, 11) is -3.58. The van der Waals surface area contributed by atoms with Crippen molar-refractivity contribution in [2.24, 2.45) is 22.9 Å². The highest BCUT2D eigenvalue weighted by molar-refractivity contribution is 7.89. The van der Waals surface area contributed by atoms with Crippen molar-refractivity contribution in [3.05, 3.63) is 29.8 Å². The quantitative estimate of drug-likeness (QED) is 0.616. The highest BCUT2D eigenvalue weighted by Gasteiger charge is 2.40. The van der Waals surface area contributed by atoms with Gasteiger partial charge in [0.05, 0.1) is 4.90 Å². The number of hydrogen-bond acceptors (Lipinski definition) is 3. The summed E-state index contributed by atoms with van der Waals surface area (Å²) in [6, 6.07) is 7.14. The summed E-state index contributed by atoms with van der Waals surface area (Å²) < 4.78 is 24.9. The number of fused-ring (bicyclic) bond motifs is 2. The van der Waals surface area contributed by atoms with Crippen LogP contribution >= 0.6 is 0 Å². The maximum atomic E-state index is 12.4. The van der Waals surface area contributed by atoms with E-state index in [1.165, 1.54) is 25.7 Å². The number of nitrogens with zero attached hydrogens (tertiary/aromatic N) is 1. The van der Waals surface area contributed by atoms with Gasteiger partial charge in [0.25, 0.3) is 10.0 Å². The SMILES string of the molecule is CC[C@@H](C)c1ccc(S(=O)(=O)N/N=C(/C)[C@@H]2C[C@@H]3CC[C@@H]2C3)cc1. The predicted octanol–water partition coefficient (Wildman–Crippen LogP) is 4.29. The Morgan fingerprint density at radius 1 is 1.25 bits per heavy atom. The number of sulfonamides is 1. The van der Waals surface area contributed by atoms with Crippen LogP contribution in [-0.2, 0) is 10.0 Å². The fourth-order valence-corrected chi connectivity index (χ4v) is 5.10. The van der Waals surface area contributed by atoms with E-state index in [0.717, 1.165) is 23.6 Å². The maximum Gasteiger partial charge on any atom is 0.276 e. The normalized spacial score (nSPS) is 28.1. The molecule has 0 aliphatic heterocycles. The van der Waals surface area contributed by atoms with E-state index in [0.29, 0.717) is 17.8 Å². The van der Waals surface area contributed by atoms with Gasteiger partial charge in [-0.2, -0.15) is 13.5 Å². The highest BCUT2D eigenvalue weighted by atomic mass is 32.2. The average Bonchev–Trinajstić information content (AvgIpc) is 3.22. The van der Waals surface area contributed by atoms with Crippen LogP contribution in [0.1, 0.15) is 64.4 Å². The molecule has 0 amide bonds. The van der Waals surface area contributed by atoms with Gasteiger partial charge in [0.1, 0.15) is 0 Å². The second-order valence-electron chi connectivity index (χ2n) is 7.51. The van der Waals surface area contributed by atoms with Crippen LogP contribution in [0.3, 0.4) is 0 Å². The summed E-state index contributed by atoms with van der Waals surface area (Å²) in [6.07, 6.45) is 6.11. The minimum atomic E-state index is -3.58. The summed E-state index contributed by atoms with van der Waals surface area (Å²) in [6.45, 7) is 6.23. The Morgan fingerprint density at radius 2 is 1.96 bits per heavy atom. The molecule has 4 nitrogen and oxygen atoms in total. The molecule has 2 aliphatic carbocycles. The average molecular weight is 349 g/mol. The number of benzene rings is 1. The van der Waals surface area contributed by atoms with E-state index in [1.807, 2.05) is 19.1 Å². The zero-order chi connectivity index (χ0) is 17.3. The molecule has 1 N–H and O–H groups in total. The maximum absolute atomic E-state index is 12.4. The van der Waals surface area contributed by atoms with Crippen molar-refractivity contribution in [3.8, 4) is 0 Å². The molecule has 4 atom stereocenters. The summed E-state index contributed by atoms with van der Waals surface area (Å²) in [4.78, 5) is 2.71. The van der Waals surface area contributed by atoms with Gasteiger partial charge in [-0.25, -0.2) is 4.83 Å². The van der Waals surface area contributed by atoms with Gasteiger partial charge in [0.2, 0.25) is 0 Å². The molecule has 2 aliphatic rings. The Kier molecular flexibility index (Phi) is 5.00. The predicted molar refractivity (Wildman–Crippen MR) is 97.5 cm³/mol. The lowest BCUT2D eigenvalue weighted by atomic mass is 9.86. The van der Waals surface area contributed by atoms with Crippen LogP contribution in [0.25, 0.3) is 0 Å². The second kappa shape index (κ2) is 6.87. The van der Waals surface area contributed by atoms with Gasteiger partial charge in [0.15, 0.2) is 0 Å². The number of nitrogens with one attached hydrogen (secondary N) is 1. The molecule has 5 heteroatoms. The third-order valence-electron chi connectivity index (χ3n) is 5.99. The molecule has 1 aromatic rings. The molecule has 0 aromatic heterocycles. The molecule has 0 spiro atoms. The van der Waals surface area contributed by atoms with Gasteiger partial charge >= 0.3 is 0 Å². The van der Waals surface area contributed by atoms with Crippen LogP contribution in [0.5, 0.6) is 0 Å². The van der Waals surface area contributed by atoms with E-state index in [1.54, 1.807) is 12.1 Å². The van der Waals surface area contributed by atoms with E-state index in [2.05, 4.69) is 23.8 Å². The molecule has 0 heterocycles. The zero-order valence-corrected chi connectivity index (χ0v) is 15.6. The van der Waals surface area contributed by atoms with E-state index < -0.39 is 10.0 Å². The van der Waals surface area contributed by atoms with Gasteiger partial charge in [0, 0.05) is 11.6 Å². The molecule has 132 valence electrons. The molecule has 1 aromatic carbocycles. The fraction of sp³-hybridized carbons (Fsp3) is 0.632. The van der Waals surface area contributed by atoms with Crippen molar-refractivity contribution in [2.45, 2.75) is 63.7 Å². The van der Waals surface area contributed by atoms with Crippen molar-refractivity contribution < 1.29 is 8.42 Å². The van der Waals surface area contributed by atoms with E-state index in [-0.39, 0.29) is 4.90 Å². The lowest BCUT2D eigenvalue weighted by molar-refractivity contribution is 0.413. The Bertz CT molecular complexity index is 709. The number of rotatable bonds is 6. The first-order valence-corrected chi connectivity index (χ1v) is 10.5. The van der Waals surface area contributed by atoms with E-state index >= 15 is 0 Å². The third-order valence-corrected chi connectivity index (χ3v) is 7.21. The monoisotopic (exact) mass is 348 g/mol. The van der Waals surface area contributed by atoms with Crippen LogP contribution < -0.4 is 4.83 Å². The van der Waals surface area contributed by atoms with Gasteiger partial charge < -0.3 is 0 Å². The van der Waals surface area contributed by atoms with E-state index in [9.17, 15) is 8.42 Å². The van der Waals surface area contributed by atoms with Gasteiger partial charge in [-0.05, 0) is 68.1 Å². The Labute approximate surface area is 145 Å². The van der Waals surface area contributed by atoms with Crippen LogP contribution in [0, 0.1) is 17.8 Å². The smallest absolute Gasteiger partial charge is 0.200 e. The lowest BCUT2D eigenvalue weighted by Gasteiger charge is -2.21. The first kappa shape index (κ1) is 17.5. The summed E-state index contributed by atoms with van der Waals surface area (Å²) in [5.41, 5.74) is 2.10. The Morgan fingerprint density at radius 3 is 2.50 bits per heavy atom. The molecule has 3 rings (SSSR count). The molecule has 0 saturated heterocycles.